The molecule has 0 saturated carbocycles. The van der Waals surface area contributed by atoms with E-state index in [-0.39, 0.29) is 18.1 Å². The van der Waals surface area contributed by atoms with Gasteiger partial charge in [0.1, 0.15) is 0 Å². The Balaban J connectivity index is 2.51. The fourth-order valence-corrected chi connectivity index (χ4v) is 1.66. The molecule has 0 aliphatic carbocycles. The predicted octanol–water partition coefficient (Wildman–Crippen LogP) is 3.78. The number of rotatable bonds is 7. The normalized spacial score (nSPS) is 11.8. The molecule has 2 N–H and O–H groups in total. The lowest BCUT2D eigenvalue weighted by atomic mass is 9.87. The monoisotopic (exact) mass is 293 g/mol. The molecule has 114 valence electrons. The Labute approximate surface area is 115 Å². The summed E-state index contributed by atoms with van der Waals surface area (Å²) in [4.78, 5) is 0. The summed E-state index contributed by atoms with van der Waals surface area (Å²) in [5.74, 6) is -6.95. The van der Waals surface area contributed by atoms with Gasteiger partial charge >= 0.3 is 0 Å². The maximum Gasteiger partial charge on any atom is 0.203 e. The van der Waals surface area contributed by atoms with E-state index in [4.69, 9.17) is 10.5 Å². The first-order chi connectivity index (χ1) is 9.28. The lowest BCUT2D eigenvalue weighted by molar-refractivity contribution is 0.251. The molecule has 0 unspecified atom stereocenters. The Morgan fingerprint density at radius 2 is 1.60 bits per heavy atom. The largest absolute Gasteiger partial charge is 0.487 e. The zero-order valence-electron chi connectivity index (χ0n) is 11.6. The first-order valence-corrected chi connectivity index (χ1v) is 6.44. The van der Waals surface area contributed by atoms with Crippen LogP contribution >= 0.6 is 0 Å². The van der Waals surface area contributed by atoms with E-state index in [1.807, 2.05) is 13.8 Å². The van der Waals surface area contributed by atoms with E-state index in [9.17, 15) is 17.6 Å². The van der Waals surface area contributed by atoms with E-state index in [2.05, 4.69) is 0 Å². The van der Waals surface area contributed by atoms with Gasteiger partial charge in [-0.1, -0.05) is 13.8 Å². The number of benzene rings is 1. The number of hydrogen-bond donors (Lipinski definition) is 1. The Morgan fingerprint density at radius 3 is 2.10 bits per heavy atom. The van der Waals surface area contributed by atoms with Crippen LogP contribution in [-0.4, -0.2) is 13.2 Å². The van der Waals surface area contributed by atoms with Gasteiger partial charge in [0, 0.05) is 6.07 Å². The standard InChI is InChI=1S/C14H19F4NO/c1-14(2,8-19)5-3-4-6-20-13-11(17)9(15)7-10(16)12(13)18/h7H,3-6,8,19H2,1-2H3. The van der Waals surface area contributed by atoms with Crippen molar-refractivity contribution in [3.05, 3.63) is 29.3 Å². The first kappa shape index (κ1) is 16.8. The van der Waals surface area contributed by atoms with Crippen LogP contribution in [0.15, 0.2) is 6.07 Å². The summed E-state index contributed by atoms with van der Waals surface area (Å²) in [5, 5.41) is 0. The summed E-state index contributed by atoms with van der Waals surface area (Å²) in [5.41, 5.74) is 5.56. The van der Waals surface area contributed by atoms with E-state index in [0.717, 1.165) is 12.8 Å². The average molecular weight is 293 g/mol. The Kier molecular flexibility index (Phi) is 5.80. The van der Waals surface area contributed by atoms with Crippen LogP contribution in [0.4, 0.5) is 17.6 Å². The lowest BCUT2D eigenvalue weighted by Gasteiger charge is -2.21. The quantitative estimate of drug-likeness (QED) is 0.472. The fourth-order valence-electron chi connectivity index (χ4n) is 1.66. The van der Waals surface area contributed by atoms with E-state index in [0.29, 0.717) is 13.0 Å². The molecule has 0 aliphatic heterocycles. The van der Waals surface area contributed by atoms with Gasteiger partial charge in [0.25, 0.3) is 0 Å². The Bertz CT molecular complexity index is 437. The second-order valence-electron chi connectivity index (χ2n) is 5.47. The minimum Gasteiger partial charge on any atom is -0.487 e. The van der Waals surface area contributed by atoms with Crippen LogP contribution in [0.2, 0.25) is 0 Å². The maximum absolute atomic E-state index is 13.3. The fraction of sp³-hybridized carbons (Fsp3) is 0.571. The zero-order chi connectivity index (χ0) is 15.3. The smallest absolute Gasteiger partial charge is 0.203 e. The molecule has 20 heavy (non-hydrogen) atoms. The lowest BCUT2D eigenvalue weighted by Crippen LogP contribution is -2.23. The highest BCUT2D eigenvalue weighted by Gasteiger charge is 2.20. The molecule has 6 heteroatoms. The van der Waals surface area contributed by atoms with E-state index in [1.165, 1.54) is 0 Å². The molecule has 0 aliphatic rings. The summed E-state index contributed by atoms with van der Waals surface area (Å²) in [6.07, 6.45) is 2.08. The third-order valence-corrected chi connectivity index (χ3v) is 3.12. The third-order valence-electron chi connectivity index (χ3n) is 3.12. The van der Waals surface area contributed by atoms with Gasteiger partial charge in [-0.25, -0.2) is 8.78 Å². The topological polar surface area (TPSA) is 35.2 Å². The van der Waals surface area contributed by atoms with Crippen molar-refractivity contribution in [2.45, 2.75) is 33.1 Å². The van der Waals surface area contributed by atoms with Crippen molar-refractivity contribution in [2.24, 2.45) is 11.1 Å². The van der Waals surface area contributed by atoms with Gasteiger partial charge in [0.2, 0.25) is 11.6 Å². The molecule has 0 fully saturated rings. The van der Waals surface area contributed by atoms with E-state index in [1.54, 1.807) is 0 Å². The molecule has 0 radical (unpaired) electrons. The van der Waals surface area contributed by atoms with Crippen LogP contribution in [0.25, 0.3) is 0 Å². The van der Waals surface area contributed by atoms with Crippen LogP contribution in [0.1, 0.15) is 33.1 Å². The molecule has 1 rings (SSSR count). The Morgan fingerprint density at radius 1 is 1.05 bits per heavy atom. The molecule has 0 amide bonds. The van der Waals surface area contributed by atoms with Gasteiger partial charge in [-0.15, -0.1) is 0 Å². The highest BCUT2D eigenvalue weighted by Crippen LogP contribution is 2.27. The molecule has 0 atom stereocenters. The highest BCUT2D eigenvalue weighted by molar-refractivity contribution is 5.28. The van der Waals surface area contributed by atoms with Gasteiger partial charge < -0.3 is 10.5 Å². The van der Waals surface area contributed by atoms with Gasteiger partial charge in [0.05, 0.1) is 6.61 Å². The van der Waals surface area contributed by atoms with Crippen molar-refractivity contribution in [3.8, 4) is 5.75 Å². The molecule has 1 aromatic carbocycles. The molecule has 0 bridgehead atoms. The molecular formula is C14H19F4NO. The number of hydrogen-bond acceptors (Lipinski definition) is 2. The van der Waals surface area contributed by atoms with Crippen LogP contribution in [0.3, 0.4) is 0 Å². The zero-order valence-corrected chi connectivity index (χ0v) is 11.6. The molecule has 0 heterocycles. The molecule has 2 nitrogen and oxygen atoms in total. The Hall–Kier alpha value is -1.30. The van der Waals surface area contributed by atoms with Crippen LogP contribution in [0, 0.1) is 28.7 Å². The maximum atomic E-state index is 13.3. The van der Waals surface area contributed by atoms with Crippen molar-refractivity contribution < 1.29 is 22.3 Å². The number of halogens is 4. The molecule has 0 spiro atoms. The summed E-state index contributed by atoms with van der Waals surface area (Å²) in [7, 11) is 0. The van der Waals surface area contributed by atoms with Gasteiger partial charge in [-0.05, 0) is 31.2 Å². The number of ether oxygens (including phenoxy) is 1. The second kappa shape index (κ2) is 6.92. The minimum atomic E-state index is -1.51. The molecule has 0 aromatic heterocycles. The van der Waals surface area contributed by atoms with E-state index < -0.39 is 29.0 Å². The van der Waals surface area contributed by atoms with Crippen molar-refractivity contribution in [1.82, 2.24) is 0 Å². The first-order valence-electron chi connectivity index (χ1n) is 6.44. The van der Waals surface area contributed by atoms with Crippen molar-refractivity contribution in [1.29, 1.82) is 0 Å². The van der Waals surface area contributed by atoms with Gasteiger partial charge in [-0.2, -0.15) is 8.78 Å². The number of nitrogens with two attached hydrogens (primary N) is 1. The summed E-state index contributed by atoms with van der Waals surface area (Å²) in [6.45, 7) is 4.54. The van der Waals surface area contributed by atoms with Gasteiger partial charge in [0.15, 0.2) is 17.4 Å². The number of unbranched alkanes of at least 4 members (excludes halogenated alkanes) is 1. The van der Waals surface area contributed by atoms with Crippen molar-refractivity contribution in [2.75, 3.05) is 13.2 Å². The van der Waals surface area contributed by atoms with Crippen LogP contribution < -0.4 is 10.5 Å². The third kappa shape index (κ3) is 4.37. The predicted molar refractivity (Wildman–Crippen MR) is 68.5 cm³/mol. The summed E-state index contributed by atoms with van der Waals surface area (Å²) >= 11 is 0. The SMILES string of the molecule is CC(C)(CN)CCCCOc1c(F)c(F)cc(F)c1F. The van der Waals surface area contributed by atoms with Crippen LogP contribution in [-0.2, 0) is 0 Å². The van der Waals surface area contributed by atoms with Crippen molar-refractivity contribution >= 4 is 0 Å². The highest BCUT2D eigenvalue weighted by atomic mass is 19.2. The minimum absolute atomic E-state index is 0.0124. The van der Waals surface area contributed by atoms with Gasteiger partial charge in [-0.3, -0.25) is 0 Å². The average Bonchev–Trinajstić information content (AvgIpc) is 2.39. The molecule has 0 saturated heterocycles. The van der Waals surface area contributed by atoms with E-state index >= 15 is 0 Å². The summed E-state index contributed by atoms with van der Waals surface area (Å²) < 4.78 is 57.2. The van der Waals surface area contributed by atoms with Crippen LogP contribution in [0.5, 0.6) is 5.75 Å². The van der Waals surface area contributed by atoms with Crippen molar-refractivity contribution in [3.63, 3.8) is 0 Å². The second-order valence-corrected chi connectivity index (χ2v) is 5.47. The molecule has 1 aromatic rings. The summed E-state index contributed by atoms with van der Waals surface area (Å²) in [6, 6.07) is 0.154. The molecular weight excluding hydrogens is 274 g/mol.